The molecule has 1 heterocycles. The molecule has 22 heavy (non-hydrogen) atoms. The Bertz CT molecular complexity index is 697. The first-order valence-corrected chi connectivity index (χ1v) is 7.57. The number of carbonyl (C=O) groups is 1. The third kappa shape index (κ3) is 2.84. The Morgan fingerprint density at radius 1 is 1.45 bits per heavy atom. The molecule has 1 aliphatic carbocycles. The Hall–Kier alpha value is -1.92. The number of aromatic nitrogens is 3. The summed E-state index contributed by atoms with van der Waals surface area (Å²) in [6, 6.07) is 7.36. The van der Waals surface area contributed by atoms with Gasteiger partial charge in [0.15, 0.2) is 0 Å². The molecule has 0 aliphatic heterocycles. The predicted octanol–water partition coefficient (Wildman–Crippen LogP) is 1.86. The van der Waals surface area contributed by atoms with E-state index in [1.807, 2.05) is 18.2 Å². The van der Waals surface area contributed by atoms with Gasteiger partial charge in [-0.05, 0) is 25.0 Å². The number of likely N-dealkylation sites (N-methyl/N-ethyl adjacent to an activating group) is 1. The summed E-state index contributed by atoms with van der Waals surface area (Å²) in [7, 11) is 1.62. The Morgan fingerprint density at radius 2 is 2.18 bits per heavy atom. The summed E-state index contributed by atoms with van der Waals surface area (Å²) < 4.78 is 1.67. The number of hydrogen-bond acceptors (Lipinski definition) is 4. The van der Waals surface area contributed by atoms with Gasteiger partial charge in [-0.1, -0.05) is 23.7 Å². The molecule has 1 fully saturated rings. The van der Waals surface area contributed by atoms with Crippen molar-refractivity contribution in [3.8, 4) is 5.69 Å². The van der Waals surface area contributed by atoms with Crippen molar-refractivity contribution >= 4 is 17.5 Å². The Morgan fingerprint density at radius 3 is 2.82 bits per heavy atom. The molecule has 0 saturated heterocycles. The van der Waals surface area contributed by atoms with Crippen LogP contribution >= 0.6 is 11.6 Å². The van der Waals surface area contributed by atoms with Crippen molar-refractivity contribution < 1.29 is 9.90 Å². The van der Waals surface area contributed by atoms with Crippen LogP contribution in [0.3, 0.4) is 0 Å². The summed E-state index contributed by atoms with van der Waals surface area (Å²) in [6.07, 6.45) is 2.09. The lowest BCUT2D eigenvalue weighted by atomic mass is 10.3. The molecule has 7 heteroatoms. The summed E-state index contributed by atoms with van der Waals surface area (Å²) in [5, 5.41) is 13.9. The lowest BCUT2D eigenvalue weighted by molar-refractivity contribution is 0.0755. The van der Waals surface area contributed by atoms with E-state index in [2.05, 4.69) is 10.1 Å². The molecule has 1 N–H and O–H groups in total. The van der Waals surface area contributed by atoms with Gasteiger partial charge in [-0.2, -0.15) is 0 Å². The molecule has 116 valence electrons. The van der Waals surface area contributed by atoms with E-state index in [4.69, 9.17) is 16.7 Å². The third-order valence-corrected chi connectivity index (χ3v) is 3.95. The molecule has 0 bridgehead atoms. The van der Waals surface area contributed by atoms with Crippen molar-refractivity contribution in [2.45, 2.75) is 18.8 Å². The lowest BCUT2D eigenvalue weighted by Gasteiger charge is -2.12. The topological polar surface area (TPSA) is 71.2 Å². The average Bonchev–Trinajstić information content (AvgIpc) is 3.26. The zero-order valence-corrected chi connectivity index (χ0v) is 13.0. The minimum Gasteiger partial charge on any atom is -0.395 e. The van der Waals surface area contributed by atoms with E-state index in [0.717, 1.165) is 24.4 Å². The highest BCUT2D eigenvalue weighted by Crippen LogP contribution is 2.40. The standard InChI is InChI=1S/C15H17ClN4O2/c1-19(8-9-21)15(22)13-17-14(10-6-7-10)20(18-13)12-5-3-2-4-11(12)16/h2-5,10,21H,6-9H2,1H3. The molecule has 0 atom stereocenters. The van der Waals surface area contributed by atoms with Gasteiger partial charge in [0.1, 0.15) is 5.82 Å². The van der Waals surface area contributed by atoms with E-state index < -0.39 is 0 Å². The highest BCUT2D eigenvalue weighted by atomic mass is 35.5. The van der Waals surface area contributed by atoms with Crippen molar-refractivity contribution in [3.63, 3.8) is 0 Å². The SMILES string of the molecule is CN(CCO)C(=O)c1nc(C2CC2)n(-c2ccccc2Cl)n1. The molecule has 1 saturated carbocycles. The van der Waals surface area contributed by atoms with Crippen LogP contribution in [0.5, 0.6) is 0 Å². The van der Waals surface area contributed by atoms with Crippen LogP contribution in [-0.2, 0) is 0 Å². The van der Waals surface area contributed by atoms with E-state index in [-0.39, 0.29) is 24.9 Å². The monoisotopic (exact) mass is 320 g/mol. The van der Waals surface area contributed by atoms with Gasteiger partial charge in [0.25, 0.3) is 5.91 Å². The van der Waals surface area contributed by atoms with Gasteiger partial charge < -0.3 is 10.0 Å². The zero-order chi connectivity index (χ0) is 15.7. The number of rotatable bonds is 5. The first kappa shape index (κ1) is 15.0. The Balaban J connectivity index is 2.00. The molecule has 0 radical (unpaired) electrons. The van der Waals surface area contributed by atoms with Gasteiger partial charge in [-0.3, -0.25) is 4.79 Å². The smallest absolute Gasteiger partial charge is 0.293 e. The molecule has 3 rings (SSSR count). The van der Waals surface area contributed by atoms with Crippen LogP contribution in [0.2, 0.25) is 5.02 Å². The fraction of sp³-hybridized carbons (Fsp3) is 0.400. The van der Waals surface area contributed by atoms with Gasteiger partial charge in [0, 0.05) is 19.5 Å². The number of hydrogen-bond donors (Lipinski definition) is 1. The van der Waals surface area contributed by atoms with Crippen LogP contribution in [-0.4, -0.2) is 50.9 Å². The van der Waals surface area contributed by atoms with Crippen molar-refractivity contribution in [2.24, 2.45) is 0 Å². The second-order valence-corrected chi connectivity index (χ2v) is 5.79. The summed E-state index contributed by atoms with van der Waals surface area (Å²) >= 11 is 6.24. The second kappa shape index (κ2) is 6.06. The van der Waals surface area contributed by atoms with Gasteiger partial charge in [-0.25, -0.2) is 9.67 Å². The number of aliphatic hydroxyl groups is 1. The summed E-state index contributed by atoms with van der Waals surface area (Å²) in [5.74, 6) is 0.932. The fourth-order valence-corrected chi connectivity index (χ4v) is 2.46. The van der Waals surface area contributed by atoms with Gasteiger partial charge in [0.05, 0.1) is 17.3 Å². The number of amides is 1. The zero-order valence-electron chi connectivity index (χ0n) is 12.2. The number of aliphatic hydroxyl groups excluding tert-OH is 1. The normalized spacial score (nSPS) is 14.1. The highest BCUT2D eigenvalue weighted by Gasteiger charge is 2.32. The quantitative estimate of drug-likeness (QED) is 0.913. The highest BCUT2D eigenvalue weighted by molar-refractivity contribution is 6.32. The maximum Gasteiger partial charge on any atom is 0.293 e. The number of halogens is 1. The van der Waals surface area contributed by atoms with Crippen LogP contribution < -0.4 is 0 Å². The van der Waals surface area contributed by atoms with E-state index >= 15 is 0 Å². The van der Waals surface area contributed by atoms with E-state index in [1.54, 1.807) is 17.8 Å². The Kier molecular flexibility index (Phi) is 4.13. The van der Waals surface area contributed by atoms with Gasteiger partial charge in [-0.15, -0.1) is 5.10 Å². The van der Waals surface area contributed by atoms with Gasteiger partial charge in [0.2, 0.25) is 5.82 Å². The number of benzene rings is 1. The molecule has 0 unspecified atom stereocenters. The fourth-order valence-electron chi connectivity index (χ4n) is 2.24. The summed E-state index contributed by atoms with van der Waals surface area (Å²) in [4.78, 5) is 18.1. The van der Waals surface area contributed by atoms with Crippen LogP contribution in [0.15, 0.2) is 24.3 Å². The molecule has 1 aromatic heterocycles. The summed E-state index contributed by atoms with van der Waals surface area (Å²) in [6.45, 7) is 0.154. The number of para-hydroxylation sites is 1. The molecule has 1 aliphatic rings. The predicted molar refractivity (Wildman–Crippen MR) is 82.4 cm³/mol. The average molecular weight is 321 g/mol. The van der Waals surface area contributed by atoms with Crippen LogP contribution in [0, 0.1) is 0 Å². The second-order valence-electron chi connectivity index (χ2n) is 5.38. The van der Waals surface area contributed by atoms with Crippen molar-refractivity contribution in [3.05, 3.63) is 40.9 Å². The molecule has 2 aromatic rings. The summed E-state index contributed by atoms with van der Waals surface area (Å²) in [5.41, 5.74) is 0.724. The Labute approximate surface area is 133 Å². The third-order valence-electron chi connectivity index (χ3n) is 3.63. The molecule has 6 nitrogen and oxygen atoms in total. The number of carbonyl (C=O) groups excluding carboxylic acids is 1. The van der Waals surface area contributed by atoms with Crippen LogP contribution in [0.1, 0.15) is 35.2 Å². The van der Waals surface area contributed by atoms with Crippen molar-refractivity contribution in [2.75, 3.05) is 20.2 Å². The van der Waals surface area contributed by atoms with Crippen LogP contribution in [0.25, 0.3) is 5.69 Å². The van der Waals surface area contributed by atoms with E-state index in [0.29, 0.717) is 10.9 Å². The van der Waals surface area contributed by atoms with Crippen molar-refractivity contribution in [1.29, 1.82) is 0 Å². The maximum absolute atomic E-state index is 12.3. The molecular formula is C15H17ClN4O2. The maximum atomic E-state index is 12.3. The molecule has 1 aromatic carbocycles. The van der Waals surface area contributed by atoms with E-state index in [1.165, 1.54) is 4.90 Å². The van der Waals surface area contributed by atoms with Gasteiger partial charge >= 0.3 is 0 Å². The first-order chi connectivity index (χ1) is 10.6. The minimum atomic E-state index is -0.304. The molecule has 0 spiro atoms. The first-order valence-electron chi connectivity index (χ1n) is 7.20. The molecular weight excluding hydrogens is 304 g/mol. The minimum absolute atomic E-state index is 0.0943. The largest absolute Gasteiger partial charge is 0.395 e. The lowest BCUT2D eigenvalue weighted by Crippen LogP contribution is -2.30. The van der Waals surface area contributed by atoms with Crippen LogP contribution in [0.4, 0.5) is 0 Å². The van der Waals surface area contributed by atoms with Crippen molar-refractivity contribution in [1.82, 2.24) is 19.7 Å². The molecule has 1 amide bonds. The number of nitrogens with zero attached hydrogens (tertiary/aromatic N) is 4. The van der Waals surface area contributed by atoms with E-state index in [9.17, 15) is 4.79 Å².